The number of rotatable bonds is 6. The minimum atomic E-state index is 0.360. The molecule has 20 heavy (non-hydrogen) atoms. The van der Waals surface area contributed by atoms with E-state index in [1.807, 2.05) is 23.9 Å². The first-order chi connectivity index (χ1) is 9.62. The van der Waals surface area contributed by atoms with Crippen molar-refractivity contribution in [2.24, 2.45) is 5.41 Å². The summed E-state index contributed by atoms with van der Waals surface area (Å²) in [6.07, 6.45) is 1.27. The van der Waals surface area contributed by atoms with E-state index in [1.54, 1.807) is 7.11 Å². The highest BCUT2D eigenvalue weighted by Gasteiger charge is 2.32. The molecule has 0 aliphatic carbocycles. The first kappa shape index (κ1) is 15.5. The lowest BCUT2D eigenvalue weighted by atomic mass is 9.82. The van der Waals surface area contributed by atoms with Crippen LogP contribution in [0.15, 0.2) is 24.3 Å². The van der Waals surface area contributed by atoms with Gasteiger partial charge < -0.3 is 14.8 Å². The van der Waals surface area contributed by atoms with Crippen molar-refractivity contribution >= 4 is 17.4 Å². The molecule has 1 fully saturated rings. The number of methoxy groups -OCH3 is 1. The molecule has 1 atom stereocenters. The Morgan fingerprint density at radius 2 is 2.00 bits per heavy atom. The summed E-state index contributed by atoms with van der Waals surface area (Å²) in [7, 11) is 1.68. The number of nitrogens with one attached hydrogen (secondary N) is 1. The molecule has 0 radical (unpaired) electrons. The number of ether oxygens (including phenoxy) is 2. The zero-order valence-corrected chi connectivity index (χ0v) is 13.5. The van der Waals surface area contributed by atoms with Crippen molar-refractivity contribution in [1.82, 2.24) is 0 Å². The van der Waals surface area contributed by atoms with E-state index in [2.05, 4.69) is 31.3 Å². The largest absolute Gasteiger partial charge is 0.491 e. The molecule has 1 N–H and O–H groups in total. The van der Waals surface area contributed by atoms with Crippen LogP contribution in [0.5, 0.6) is 5.75 Å². The van der Waals surface area contributed by atoms with Crippen LogP contribution in [0.3, 0.4) is 0 Å². The van der Waals surface area contributed by atoms with E-state index in [9.17, 15) is 0 Å². The highest BCUT2D eigenvalue weighted by atomic mass is 32.2. The van der Waals surface area contributed by atoms with Crippen LogP contribution >= 0.6 is 11.8 Å². The minimum Gasteiger partial charge on any atom is -0.491 e. The third kappa shape index (κ3) is 4.32. The number of anilines is 1. The molecule has 4 heteroatoms. The van der Waals surface area contributed by atoms with Gasteiger partial charge in [0, 0.05) is 24.6 Å². The number of thioether (sulfide) groups is 1. The quantitative estimate of drug-likeness (QED) is 0.811. The Morgan fingerprint density at radius 3 is 2.65 bits per heavy atom. The molecule has 1 saturated heterocycles. The molecule has 1 aromatic rings. The predicted molar refractivity (Wildman–Crippen MR) is 86.9 cm³/mol. The van der Waals surface area contributed by atoms with Gasteiger partial charge in [0.1, 0.15) is 12.4 Å². The molecular formula is C16H25NO2S. The van der Waals surface area contributed by atoms with E-state index in [0.29, 0.717) is 24.7 Å². The fourth-order valence-electron chi connectivity index (χ4n) is 2.26. The van der Waals surface area contributed by atoms with Crippen LogP contribution in [0, 0.1) is 5.41 Å². The van der Waals surface area contributed by atoms with Crippen molar-refractivity contribution in [1.29, 1.82) is 0 Å². The van der Waals surface area contributed by atoms with E-state index in [0.717, 1.165) is 5.75 Å². The van der Waals surface area contributed by atoms with Crippen LogP contribution in [0.4, 0.5) is 5.69 Å². The van der Waals surface area contributed by atoms with Crippen LogP contribution in [-0.2, 0) is 4.74 Å². The summed E-state index contributed by atoms with van der Waals surface area (Å²) in [6.45, 7) is 5.92. The molecule has 0 amide bonds. The molecule has 0 aromatic heterocycles. The van der Waals surface area contributed by atoms with Crippen LogP contribution in [0.25, 0.3) is 0 Å². The van der Waals surface area contributed by atoms with Gasteiger partial charge in [-0.3, -0.25) is 0 Å². The molecule has 1 aromatic carbocycles. The normalized spacial score (nSPS) is 21.4. The maximum absolute atomic E-state index is 5.58. The average molecular weight is 295 g/mol. The second-order valence-corrected chi connectivity index (χ2v) is 7.03. The van der Waals surface area contributed by atoms with Gasteiger partial charge in [-0.15, -0.1) is 0 Å². The SMILES string of the molecule is COCCOc1ccc(NC2CSCCC2(C)C)cc1. The number of benzene rings is 1. The monoisotopic (exact) mass is 295 g/mol. The van der Waals surface area contributed by atoms with Crippen LogP contribution in [0.1, 0.15) is 20.3 Å². The second-order valence-electron chi connectivity index (χ2n) is 5.88. The molecule has 3 nitrogen and oxygen atoms in total. The lowest BCUT2D eigenvalue weighted by Gasteiger charge is -2.39. The minimum absolute atomic E-state index is 0.360. The number of hydrogen-bond donors (Lipinski definition) is 1. The van der Waals surface area contributed by atoms with Gasteiger partial charge in [-0.2, -0.15) is 11.8 Å². The lowest BCUT2D eigenvalue weighted by Crippen LogP contribution is -2.41. The summed E-state index contributed by atoms with van der Waals surface area (Å²) >= 11 is 2.04. The van der Waals surface area contributed by atoms with Gasteiger partial charge in [0.15, 0.2) is 0 Å². The first-order valence-corrected chi connectivity index (χ1v) is 8.33. The summed E-state index contributed by atoms with van der Waals surface area (Å²) in [4.78, 5) is 0. The van der Waals surface area contributed by atoms with E-state index in [-0.39, 0.29) is 0 Å². The van der Waals surface area contributed by atoms with Crippen LogP contribution < -0.4 is 10.1 Å². The Balaban J connectivity index is 1.89. The lowest BCUT2D eigenvalue weighted by molar-refractivity contribution is 0.146. The Bertz CT molecular complexity index is 405. The highest BCUT2D eigenvalue weighted by molar-refractivity contribution is 7.99. The smallest absolute Gasteiger partial charge is 0.119 e. The van der Waals surface area contributed by atoms with E-state index in [4.69, 9.17) is 9.47 Å². The molecule has 0 saturated carbocycles. The van der Waals surface area contributed by atoms with Crippen molar-refractivity contribution in [3.63, 3.8) is 0 Å². The van der Waals surface area contributed by atoms with E-state index < -0.39 is 0 Å². The molecule has 112 valence electrons. The van der Waals surface area contributed by atoms with Crippen LogP contribution in [0.2, 0.25) is 0 Å². The van der Waals surface area contributed by atoms with Gasteiger partial charge in [-0.1, -0.05) is 13.8 Å². The van der Waals surface area contributed by atoms with Crippen molar-refractivity contribution in [2.75, 3.05) is 37.1 Å². The molecule has 1 aliphatic heterocycles. The Hall–Kier alpha value is -0.870. The van der Waals surface area contributed by atoms with Gasteiger partial charge >= 0.3 is 0 Å². The maximum Gasteiger partial charge on any atom is 0.119 e. The predicted octanol–water partition coefficient (Wildman–Crippen LogP) is 3.66. The standard InChI is InChI=1S/C16H25NO2S/c1-16(2)8-11-20-12-15(16)17-13-4-6-14(7-5-13)19-10-9-18-3/h4-7,15,17H,8-12H2,1-3H3. The maximum atomic E-state index is 5.58. The zero-order chi connectivity index (χ0) is 14.4. The fraction of sp³-hybridized carbons (Fsp3) is 0.625. The first-order valence-electron chi connectivity index (χ1n) is 7.18. The summed E-state index contributed by atoms with van der Waals surface area (Å²) < 4.78 is 10.5. The summed E-state index contributed by atoms with van der Waals surface area (Å²) in [6, 6.07) is 8.75. The van der Waals surface area contributed by atoms with Gasteiger partial charge in [0.2, 0.25) is 0 Å². The Kier molecular flexibility index (Phi) is 5.61. The molecule has 0 spiro atoms. The van der Waals surface area contributed by atoms with Crippen molar-refractivity contribution in [3.05, 3.63) is 24.3 Å². The molecule has 1 aliphatic rings. The third-order valence-electron chi connectivity index (χ3n) is 3.87. The molecule has 1 unspecified atom stereocenters. The van der Waals surface area contributed by atoms with Gasteiger partial charge in [0.25, 0.3) is 0 Å². The molecule has 0 bridgehead atoms. The zero-order valence-electron chi connectivity index (χ0n) is 12.6. The second kappa shape index (κ2) is 7.23. The Morgan fingerprint density at radius 1 is 1.25 bits per heavy atom. The topological polar surface area (TPSA) is 30.5 Å². The van der Waals surface area contributed by atoms with Gasteiger partial charge in [-0.25, -0.2) is 0 Å². The molecular weight excluding hydrogens is 270 g/mol. The van der Waals surface area contributed by atoms with Crippen molar-refractivity contribution < 1.29 is 9.47 Å². The van der Waals surface area contributed by atoms with Gasteiger partial charge in [0.05, 0.1) is 6.61 Å². The van der Waals surface area contributed by atoms with E-state index in [1.165, 1.54) is 23.6 Å². The molecule has 2 rings (SSSR count). The molecule has 1 heterocycles. The summed E-state index contributed by atoms with van der Waals surface area (Å²) in [5.41, 5.74) is 1.53. The third-order valence-corrected chi connectivity index (χ3v) is 4.93. The average Bonchev–Trinajstić information content (AvgIpc) is 2.43. The van der Waals surface area contributed by atoms with Crippen molar-refractivity contribution in [3.8, 4) is 5.75 Å². The van der Waals surface area contributed by atoms with Crippen molar-refractivity contribution in [2.45, 2.75) is 26.3 Å². The number of hydrogen-bond acceptors (Lipinski definition) is 4. The highest BCUT2D eigenvalue weighted by Crippen LogP contribution is 2.36. The van der Waals surface area contributed by atoms with Gasteiger partial charge in [-0.05, 0) is 41.9 Å². The fourth-order valence-corrected chi connectivity index (χ4v) is 3.87. The summed E-state index contributed by atoms with van der Waals surface area (Å²) in [5.74, 6) is 3.35. The van der Waals surface area contributed by atoms with Crippen LogP contribution in [-0.4, -0.2) is 37.9 Å². The summed E-state index contributed by atoms with van der Waals surface area (Å²) in [5, 5.41) is 3.66. The Labute approximate surface area is 126 Å². The van der Waals surface area contributed by atoms with E-state index >= 15 is 0 Å².